The topological polar surface area (TPSA) is 75.7 Å². The van der Waals surface area contributed by atoms with Crippen molar-refractivity contribution in [3.8, 4) is 5.75 Å². The number of sulfonamides is 1. The van der Waals surface area contributed by atoms with Gasteiger partial charge in [-0.2, -0.15) is 4.31 Å². The molecule has 0 aliphatic heterocycles. The second-order valence-electron chi connectivity index (χ2n) is 5.23. The minimum absolute atomic E-state index is 0.155. The van der Waals surface area contributed by atoms with Crippen LogP contribution in [0.4, 0.5) is 0 Å². The summed E-state index contributed by atoms with van der Waals surface area (Å²) < 4.78 is 31.0. The predicted octanol–water partition coefficient (Wildman–Crippen LogP) is 0.903. The number of nitrogens with zero attached hydrogens (tertiary/aromatic N) is 1. The Kier molecular flexibility index (Phi) is 4.53. The van der Waals surface area contributed by atoms with Gasteiger partial charge in [0, 0.05) is 13.1 Å². The van der Waals surface area contributed by atoms with Crippen molar-refractivity contribution in [1.29, 1.82) is 0 Å². The highest BCUT2D eigenvalue weighted by Crippen LogP contribution is 2.23. The Hall–Kier alpha value is -1.60. The fraction of sp³-hybridized carbons (Fsp3) is 0.500. The highest BCUT2D eigenvalue weighted by molar-refractivity contribution is 7.89. The molecule has 21 heavy (non-hydrogen) atoms. The molecule has 1 aromatic carbocycles. The lowest BCUT2D eigenvalue weighted by Crippen LogP contribution is -2.39. The van der Waals surface area contributed by atoms with Crippen molar-refractivity contribution in [3.05, 3.63) is 23.8 Å². The smallest absolute Gasteiger partial charge is 0.243 e. The monoisotopic (exact) mass is 312 g/mol. The van der Waals surface area contributed by atoms with Crippen LogP contribution >= 0.6 is 0 Å². The molecule has 0 saturated heterocycles. The van der Waals surface area contributed by atoms with Crippen LogP contribution in [0.25, 0.3) is 0 Å². The predicted molar refractivity (Wildman–Crippen MR) is 78.7 cm³/mol. The minimum atomic E-state index is -3.68. The third kappa shape index (κ3) is 3.74. The summed E-state index contributed by atoms with van der Waals surface area (Å²) in [6, 6.07) is 4.86. The van der Waals surface area contributed by atoms with E-state index in [1.807, 2.05) is 0 Å². The van der Waals surface area contributed by atoms with Crippen LogP contribution in [-0.4, -0.2) is 45.4 Å². The number of hydrogen-bond acceptors (Lipinski definition) is 4. The lowest BCUT2D eigenvalue weighted by Gasteiger charge is -2.17. The maximum absolute atomic E-state index is 12.4. The first-order valence-electron chi connectivity index (χ1n) is 6.75. The molecule has 1 fully saturated rings. The first-order chi connectivity index (χ1) is 9.84. The zero-order valence-electron chi connectivity index (χ0n) is 12.4. The van der Waals surface area contributed by atoms with E-state index in [4.69, 9.17) is 4.74 Å². The van der Waals surface area contributed by atoms with Gasteiger partial charge in [0.2, 0.25) is 15.9 Å². The van der Waals surface area contributed by atoms with Crippen molar-refractivity contribution in [2.24, 2.45) is 0 Å². The van der Waals surface area contributed by atoms with Gasteiger partial charge in [0.15, 0.2) is 0 Å². The zero-order valence-corrected chi connectivity index (χ0v) is 13.2. The van der Waals surface area contributed by atoms with Crippen molar-refractivity contribution >= 4 is 15.9 Å². The van der Waals surface area contributed by atoms with E-state index in [0.717, 1.165) is 22.7 Å². The van der Waals surface area contributed by atoms with E-state index in [-0.39, 0.29) is 23.4 Å². The van der Waals surface area contributed by atoms with Gasteiger partial charge in [-0.3, -0.25) is 4.79 Å². The summed E-state index contributed by atoms with van der Waals surface area (Å²) in [6.07, 6.45) is 1.94. The molecule has 1 aliphatic carbocycles. The van der Waals surface area contributed by atoms with Gasteiger partial charge in [0.05, 0.1) is 18.6 Å². The summed E-state index contributed by atoms with van der Waals surface area (Å²) in [6.45, 7) is 1.60. The number of benzene rings is 1. The molecule has 2 rings (SSSR count). The van der Waals surface area contributed by atoms with Gasteiger partial charge in [-0.05, 0) is 43.5 Å². The number of methoxy groups -OCH3 is 1. The third-order valence-electron chi connectivity index (χ3n) is 3.38. The number of ether oxygens (including phenoxy) is 1. The molecule has 0 bridgehead atoms. The normalized spacial score (nSPS) is 15.0. The molecule has 1 saturated carbocycles. The van der Waals surface area contributed by atoms with Crippen LogP contribution in [-0.2, 0) is 14.8 Å². The molecule has 6 nitrogen and oxygen atoms in total. The van der Waals surface area contributed by atoms with Crippen molar-refractivity contribution in [2.75, 3.05) is 20.7 Å². The number of aryl methyl sites for hydroxylation is 1. The average molecular weight is 312 g/mol. The molecule has 0 radical (unpaired) electrons. The van der Waals surface area contributed by atoms with Crippen molar-refractivity contribution in [1.82, 2.24) is 9.62 Å². The lowest BCUT2D eigenvalue weighted by molar-refractivity contribution is -0.121. The third-order valence-corrected chi connectivity index (χ3v) is 5.18. The van der Waals surface area contributed by atoms with E-state index >= 15 is 0 Å². The molecule has 0 spiro atoms. The molecular weight excluding hydrogens is 292 g/mol. The Balaban J connectivity index is 2.12. The summed E-state index contributed by atoms with van der Waals surface area (Å²) in [7, 11) is -0.743. The summed E-state index contributed by atoms with van der Waals surface area (Å²) >= 11 is 0. The Morgan fingerprint density at radius 2 is 2.10 bits per heavy atom. The maximum Gasteiger partial charge on any atom is 0.243 e. The fourth-order valence-electron chi connectivity index (χ4n) is 1.98. The zero-order chi connectivity index (χ0) is 15.6. The Morgan fingerprint density at radius 3 is 2.62 bits per heavy atom. The summed E-state index contributed by atoms with van der Waals surface area (Å²) in [5, 5.41) is 2.77. The molecule has 1 aromatic rings. The molecule has 1 N–H and O–H groups in total. The largest absolute Gasteiger partial charge is 0.496 e. The standard InChI is InChI=1S/C14H20N2O4S/c1-10-8-12(6-7-13(10)20-3)21(18,19)16(2)9-14(17)15-11-4-5-11/h6-8,11H,4-5,9H2,1-3H3,(H,15,17). The van der Waals surface area contributed by atoms with Crippen LogP contribution in [0.5, 0.6) is 5.75 Å². The number of amides is 1. The van der Waals surface area contributed by atoms with Crippen LogP contribution in [0.3, 0.4) is 0 Å². The summed E-state index contributed by atoms with van der Waals surface area (Å²) in [5.74, 6) is 0.358. The Morgan fingerprint density at radius 1 is 1.43 bits per heavy atom. The molecule has 1 amide bonds. The van der Waals surface area contributed by atoms with Gasteiger partial charge in [-0.1, -0.05) is 0 Å². The number of nitrogens with one attached hydrogen (secondary N) is 1. The second kappa shape index (κ2) is 6.03. The van der Waals surface area contributed by atoms with Gasteiger partial charge in [-0.25, -0.2) is 8.42 Å². The van der Waals surface area contributed by atoms with E-state index < -0.39 is 10.0 Å². The summed E-state index contributed by atoms with van der Waals surface area (Å²) in [5.41, 5.74) is 0.731. The van der Waals surface area contributed by atoms with Crippen molar-refractivity contribution < 1.29 is 17.9 Å². The van der Waals surface area contributed by atoms with Crippen LogP contribution in [0.1, 0.15) is 18.4 Å². The van der Waals surface area contributed by atoms with E-state index in [2.05, 4.69) is 5.32 Å². The molecule has 0 aromatic heterocycles. The first kappa shape index (κ1) is 15.8. The SMILES string of the molecule is COc1ccc(S(=O)(=O)N(C)CC(=O)NC2CC2)cc1C. The van der Waals surface area contributed by atoms with Crippen LogP contribution in [0, 0.1) is 6.92 Å². The fourth-order valence-corrected chi connectivity index (χ4v) is 3.19. The highest BCUT2D eigenvalue weighted by Gasteiger charge is 2.27. The van der Waals surface area contributed by atoms with E-state index in [0.29, 0.717) is 5.75 Å². The van der Waals surface area contributed by atoms with Gasteiger partial charge < -0.3 is 10.1 Å². The van der Waals surface area contributed by atoms with Crippen LogP contribution in [0.15, 0.2) is 23.1 Å². The average Bonchev–Trinajstić information content (AvgIpc) is 3.22. The molecule has 0 unspecified atom stereocenters. The first-order valence-corrected chi connectivity index (χ1v) is 8.19. The van der Waals surface area contributed by atoms with Gasteiger partial charge in [-0.15, -0.1) is 0 Å². The number of hydrogen-bond donors (Lipinski definition) is 1. The maximum atomic E-state index is 12.4. The number of rotatable bonds is 6. The number of carbonyl (C=O) groups excluding carboxylic acids is 1. The molecule has 0 heterocycles. The Bertz CT molecular complexity index is 638. The molecule has 7 heteroatoms. The van der Waals surface area contributed by atoms with Crippen LogP contribution in [0.2, 0.25) is 0 Å². The second-order valence-corrected chi connectivity index (χ2v) is 7.28. The highest BCUT2D eigenvalue weighted by atomic mass is 32.2. The quantitative estimate of drug-likeness (QED) is 0.847. The van der Waals surface area contributed by atoms with Crippen molar-refractivity contribution in [3.63, 3.8) is 0 Å². The Labute approximate surface area is 125 Å². The molecule has 1 aliphatic rings. The van der Waals surface area contributed by atoms with Gasteiger partial charge in [0.1, 0.15) is 5.75 Å². The van der Waals surface area contributed by atoms with E-state index in [1.165, 1.54) is 20.2 Å². The number of likely N-dealkylation sites (N-methyl/N-ethyl adjacent to an activating group) is 1. The molecule has 0 atom stereocenters. The minimum Gasteiger partial charge on any atom is -0.496 e. The number of carbonyl (C=O) groups is 1. The van der Waals surface area contributed by atoms with Gasteiger partial charge in [0.25, 0.3) is 0 Å². The lowest BCUT2D eigenvalue weighted by atomic mass is 10.2. The van der Waals surface area contributed by atoms with E-state index in [1.54, 1.807) is 19.1 Å². The van der Waals surface area contributed by atoms with Gasteiger partial charge >= 0.3 is 0 Å². The molecular formula is C14H20N2O4S. The van der Waals surface area contributed by atoms with Crippen molar-refractivity contribution in [2.45, 2.75) is 30.7 Å². The van der Waals surface area contributed by atoms with E-state index in [9.17, 15) is 13.2 Å². The molecule has 116 valence electrons. The van der Waals surface area contributed by atoms with Crippen LogP contribution < -0.4 is 10.1 Å². The summed E-state index contributed by atoms with van der Waals surface area (Å²) in [4.78, 5) is 11.9.